The van der Waals surface area contributed by atoms with Crippen molar-refractivity contribution in [2.24, 2.45) is 5.92 Å². The predicted octanol–water partition coefficient (Wildman–Crippen LogP) is 3.28. The molecule has 3 aromatic carbocycles. The van der Waals surface area contributed by atoms with Gasteiger partial charge in [-0.05, 0) is 0 Å². The maximum atomic E-state index is 14.3. The Kier molecular flexibility index (Phi) is 9.48. The topological polar surface area (TPSA) is 72.9 Å². The number of benzene rings is 3. The number of rotatable bonds is 10. The molecule has 1 saturated heterocycles. The molecule has 6 nitrogen and oxygen atoms in total. The Balaban J connectivity index is 2.04. The van der Waals surface area contributed by atoms with Crippen molar-refractivity contribution in [2.75, 3.05) is 19.8 Å². The molecule has 204 valence electrons. The Morgan fingerprint density at radius 1 is 0.795 bits per heavy atom. The van der Waals surface area contributed by atoms with Gasteiger partial charge in [-0.1, -0.05) is 0 Å². The van der Waals surface area contributed by atoms with E-state index in [1.165, 1.54) is 17.7 Å². The number of carbonyl (C=O) groups is 3. The van der Waals surface area contributed by atoms with Crippen LogP contribution in [0.5, 0.6) is 0 Å². The molecule has 4 rings (SSSR count). The van der Waals surface area contributed by atoms with Crippen molar-refractivity contribution in [1.82, 2.24) is 4.90 Å². The Hall–Kier alpha value is -3.13. The maximum absolute atomic E-state index is 14.3. The van der Waals surface area contributed by atoms with Crippen LogP contribution in [0.3, 0.4) is 0 Å². The third kappa shape index (κ3) is 5.62. The van der Waals surface area contributed by atoms with Gasteiger partial charge < -0.3 is 0 Å². The average Bonchev–Trinajstić information content (AvgIpc) is 3.32. The molecule has 39 heavy (non-hydrogen) atoms. The molecule has 1 fully saturated rings. The Morgan fingerprint density at radius 2 is 1.26 bits per heavy atom. The Labute approximate surface area is 235 Å². The first-order chi connectivity index (χ1) is 18.9. The van der Waals surface area contributed by atoms with Crippen molar-refractivity contribution >= 4 is 47.0 Å². The number of esters is 2. The summed E-state index contributed by atoms with van der Waals surface area (Å²) in [6, 6.07) is 31.2. The van der Waals surface area contributed by atoms with Crippen molar-refractivity contribution in [3.8, 4) is 0 Å². The minimum atomic E-state index is -4.11. The molecule has 1 aliphatic heterocycles. The Morgan fingerprint density at radius 3 is 1.67 bits per heavy atom. The monoisotopic (exact) mass is 635 g/mol. The number of nitrogens with zero attached hydrogens (tertiary/aromatic N) is 1. The summed E-state index contributed by atoms with van der Waals surface area (Å²) >= 11 is -4.11. The van der Waals surface area contributed by atoms with Crippen LogP contribution in [0.4, 0.5) is 0 Å². The molecule has 0 spiro atoms. The first-order valence-corrected chi connectivity index (χ1v) is 20.0. The Bertz CT molecular complexity index is 1170. The van der Waals surface area contributed by atoms with E-state index < -0.39 is 35.8 Å². The second-order valence-electron chi connectivity index (χ2n) is 9.99. The van der Waals surface area contributed by atoms with Gasteiger partial charge >= 0.3 is 236 Å². The molecule has 0 radical (unpaired) electrons. The van der Waals surface area contributed by atoms with Crippen molar-refractivity contribution < 1.29 is 23.9 Å². The summed E-state index contributed by atoms with van der Waals surface area (Å²) in [6.45, 7) is 5.89. The van der Waals surface area contributed by atoms with Crippen molar-refractivity contribution in [3.05, 3.63) is 91.0 Å². The van der Waals surface area contributed by atoms with Gasteiger partial charge in [-0.25, -0.2) is 0 Å². The zero-order chi connectivity index (χ0) is 27.9. The van der Waals surface area contributed by atoms with Crippen molar-refractivity contribution in [2.45, 2.75) is 43.6 Å². The predicted molar refractivity (Wildman–Crippen MR) is 155 cm³/mol. The van der Waals surface area contributed by atoms with E-state index in [2.05, 4.69) is 36.4 Å². The number of carbonyl (C=O) groups excluding carboxylic acids is 3. The number of likely N-dealkylation sites (tertiary alicyclic amines) is 1. The standard InChI is InChI=1S/C14H22NO5.3C6H5.Sn/c1-5-19-12(17)9-11-7-8-15(10(3)16)14(11,4)13(18)20-6-2;3*1-2-4-6-5-3-1;/h11H,4-9H2,1-3H3;3*1-5H;. The van der Waals surface area contributed by atoms with Gasteiger partial charge in [0.2, 0.25) is 0 Å². The molecule has 0 aliphatic carbocycles. The van der Waals surface area contributed by atoms with Gasteiger partial charge in [-0.2, -0.15) is 0 Å². The molecule has 7 heteroatoms. The molecule has 0 aromatic heterocycles. The van der Waals surface area contributed by atoms with Crippen LogP contribution in [-0.2, 0) is 23.9 Å². The number of hydrogen-bond donors (Lipinski definition) is 0. The van der Waals surface area contributed by atoms with E-state index in [0.29, 0.717) is 17.4 Å². The summed E-state index contributed by atoms with van der Waals surface area (Å²) in [6.07, 6.45) is 0.578. The fraction of sp³-hybridized carbons (Fsp3) is 0.344. The molecule has 1 heterocycles. The van der Waals surface area contributed by atoms with Gasteiger partial charge in [0.25, 0.3) is 0 Å². The van der Waals surface area contributed by atoms with Gasteiger partial charge in [0, 0.05) is 0 Å². The molecule has 2 unspecified atom stereocenters. The zero-order valence-corrected chi connectivity index (χ0v) is 25.8. The van der Waals surface area contributed by atoms with Crippen LogP contribution in [0.2, 0.25) is 4.44 Å². The van der Waals surface area contributed by atoms with Gasteiger partial charge in [0.1, 0.15) is 0 Å². The van der Waals surface area contributed by atoms with E-state index >= 15 is 0 Å². The van der Waals surface area contributed by atoms with Crippen LogP contribution in [0, 0.1) is 5.92 Å². The van der Waals surface area contributed by atoms with E-state index in [-0.39, 0.29) is 31.5 Å². The third-order valence-corrected chi connectivity index (χ3v) is 22.3. The van der Waals surface area contributed by atoms with Gasteiger partial charge in [-0.15, -0.1) is 0 Å². The van der Waals surface area contributed by atoms with E-state index in [9.17, 15) is 14.4 Å². The molecule has 0 saturated carbocycles. The van der Waals surface area contributed by atoms with E-state index in [1.807, 2.05) is 54.6 Å². The minimum absolute atomic E-state index is 0.0523. The van der Waals surface area contributed by atoms with Gasteiger partial charge in [0.15, 0.2) is 0 Å². The first-order valence-electron chi connectivity index (χ1n) is 13.7. The van der Waals surface area contributed by atoms with E-state index in [1.54, 1.807) is 18.7 Å². The summed E-state index contributed by atoms with van der Waals surface area (Å²) in [7, 11) is 0. The molecule has 1 aliphatic rings. The molecular formula is C32H37NO5Sn. The van der Waals surface area contributed by atoms with Gasteiger partial charge in [0.05, 0.1) is 0 Å². The fourth-order valence-corrected chi connectivity index (χ4v) is 21.5. The summed E-state index contributed by atoms with van der Waals surface area (Å²) in [5.74, 6) is -1.41. The van der Waals surface area contributed by atoms with Crippen LogP contribution < -0.4 is 10.7 Å². The molecule has 2 atom stereocenters. The normalized spacial score (nSPS) is 18.9. The van der Waals surface area contributed by atoms with Crippen molar-refractivity contribution in [1.29, 1.82) is 0 Å². The number of amides is 1. The summed E-state index contributed by atoms with van der Waals surface area (Å²) in [4.78, 5) is 42.1. The molecular weight excluding hydrogens is 597 g/mol. The molecule has 3 aromatic rings. The van der Waals surface area contributed by atoms with E-state index in [0.717, 1.165) is 0 Å². The second-order valence-corrected chi connectivity index (χ2v) is 21.1. The van der Waals surface area contributed by atoms with Crippen LogP contribution in [0.1, 0.15) is 33.6 Å². The van der Waals surface area contributed by atoms with Crippen LogP contribution >= 0.6 is 0 Å². The summed E-state index contributed by atoms with van der Waals surface area (Å²) in [5.41, 5.74) is -1.30. The van der Waals surface area contributed by atoms with Crippen LogP contribution in [0.15, 0.2) is 91.0 Å². The third-order valence-electron chi connectivity index (χ3n) is 7.92. The first kappa shape index (κ1) is 28.9. The van der Waals surface area contributed by atoms with Crippen molar-refractivity contribution in [3.63, 3.8) is 0 Å². The zero-order valence-electron chi connectivity index (χ0n) is 23.0. The SMILES string of the molecule is CCOC(=O)CC1CCN(C(C)=O)C1([CH2][Sn]([c]1ccccc1)([c]1ccccc1)[c]1ccccc1)C(=O)OCC. The summed E-state index contributed by atoms with van der Waals surface area (Å²) in [5, 5.41) is 0. The second kappa shape index (κ2) is 12.8. The number of ether oxygens (including phenoxy) is 2. The molecule has 0 N–H and O–H groups in total. The summed E-state index contributed by atoms with van der Waals surface area (Å²) < 4.78 is 15.1. The van der Waals surface area contributed by atoms with E-state index in [4.69, 9.17) is 9.47 Å². The average molecular weight is 634 g/mol. The van der Waals surface area contributed by atoms with Crippen LogP contribution in [-0.4, -0.2) is 66.4 Å². The quantitative estimate of drug-likeness (QED) is 0.253. The van der Waals surface area contributed by atoms with Gasteiger partial charge in [-0.3, -0.25) is 0 Å². The molecule has 0 bridgehead atoms. The number of hydrogen-bond acceptors (Lipinski definition) is 5. The molecule has 1 amide bonds. The van der Waals surface area contributed by atoms with Crippen LogP contribution in [0.25, 0.3) is 0 Å². The fourth-order valence-electron chi connectivity index (χ4n) is 6.30.